The Morgan fingerprint density at radius 2 is 1.85 bits per heavy atom. The third kappa shape index (κ3) is 4.28. The summed E-state index contributed by atoms with van der Waals surface area (Å²) in [6.07, 6.45) is 0.910. The third-order valence-corrected chi connectivity index (χ3v) is 3.02. The lowest BCUT2D eigenvalue weighted by Crippen LogP contribution is -2.03. The largest absolute Gasteiger partial charge is 0.494 e. The van der Waals surface area contributed by atoms with E-state index in [-0.39, 0.29) is 0 Å². The van der Waals surface area contributed by atoms with Crippen LogP contribution in [0.15, 0.2) is 48.5 Å². The molecule has 0 aliphatic heterocycles. The molecule has 0 aliphatic rings. The first-order valence-electron chi connectivity index (χ1n) is 6.92. The van der Waals surface area contributed by atoms with Crippen LogP contribution in [0.3, 0.4) is 0 Å². The van der Waals surface area contributed by atoms with Crippen LogP contribution in [0.5, 0.6) is 5.75 Å². The Hall–Kier alpha value is -2.00. The quantitative estimate of drug-likeness (QED) is 0.620. The maximum Gasteiger partial charge on any atom is 0.124 e. The molecular formula is C17H21NO2. The number of benzene rings is 2. The van der Waals surface area contributed by atoms with Crippen molar-refractivity contribution in [2.75, 3.05) is 18.9 Å². The van der Waals surface area contributed by atoms with E-state index in [2.05, 4.69) is 12.1 Å². The minimum absolute atomic E-state index is 0.521. The summed E-state index contributed by atoms with van der Waals surface area (Å²) in [4.78, 5) is 0. The zero-order valence-corrected chi connectivity index (χ0v) is 11.8. The Bertz CT molecular complexity index is 526. The van der Waals surface area contributed by atoms with Gasteiger partial charge in [-0.15, -0.1) is 0 Å². The van der Waals surface area contributed by atoms with Gasteiger partial charge in [-0.05, 0) is 37.1 Å². The molecule has 2 aromatic rings. The monoisotopic (exact) mass is 271 g/mol. The lowest BCUT2D eigenvalue weighted by atomic mass is 10.1. The Morgan fingerprint density at radius 3 is 2.60 bits per heavy atom. The van der Waals surface area contributed by atoms with Gasteiger partial charge in [0.15, 0.2) is 0 Å². The SMILES string of the molecule is CCOc1ccc(N)cc1COCCc1ccccc1. The molecular weight excluding hydrogens is 250 g/mol. The summed E-state index contributed by atoms with van der Waals surface area (Å²) in [5.41, 5.74) is 8.82. The highest BCUT2D eigenvalue weighted by molar-refractivity contribution is 5.47. The van der Waals surface area contributed by atoms with Gasteiger partial charge in [-0.1, -0.05) is 30.3 Å². The van der Waals surface area contributed by atoms with Crippen molar-refractivity contribution in [3.8, 4) is 5.75 Å². The standard InChI is InChI=1S/C17H21NO2/c1-2-20-17-9-8-16(18)12-15(17)13-19-11-10-14-6-4-3-5-7-14/h3-9,12H,2,10-11,13,18H2,1H3. The first kappa shape index (κ1) is 14.4. The highest BCUT2D eigenvalue weighted by Gasteiger charge is 2.04. The van der Waals surface area contributed by atoms with Crippen LogP contribution in [0.1, 0.15) is 18.1 Å². The predicted octanol–water partition coefficient (Wildman–Crippen LogP) is 3.43. The van der Waals surface area contributed by atoms with Gasteiger partial charge >= 0.3 is 0 Å². The molecule has 106 valence electrons. The number of anilines is 1. The third-order valence-electron chi connectivity index (χ3n) is 3.02. The number of hydrogen-bond donors (Lipinski definition) is 1. The maximum atomic E-state index is 5.81. The fourth-order valence-electron chi connectivity index (χ4n) is 2.03. The van der Waals surface area contributed by atoms with E-state index < -0.39 is 0 Å². The van der Waals surface area contributed by atoms with Crippen LogP contribution in [0, 0.1) is 0 Å². The van der Waals surface area contributed by atoms with Crippen LogP contribution >= 0.6 is 0 Å². The van der Waals surface area contributed by atoms with Gasteiger partial charge in [0.25, 0.3) is 0 Å². The normalized spacial score (nSPS) is 10.4. The van der Waals surface area contributed by atoms with E-state index in [9.17, 15) is 0 Å². The molecule has 0 saturated carbocycles. The molecule has 0 atom stereocenters. The fourth-order valence-corrected chi connectivity index (χ4v) is 2.03. The van der Waals surface area contributed by atoms with Crippen LogP contribution in [0.4, 0.5) is 5.69 Å². The zero-order chi connectivity index (χ0) is 14.2. The van der Waals surface area contributed by atoms with E-state index >= 15 is 0 Å². The number of ether oxygens (including phenoxy) is 2. The number of nitrogens with two attached hydrogens (primary N) is 1. The van der Waals surface area contributed by atoms with E-state index in [0.29, 0.717) is 19.8 Å². The smallest absolute Gasteiger partial charge is 0.124 e. The van der Waals surface area contributed by atoms with Crippen molar-refractivity contribution in [3.63, 3.8) is 0 Å². The number of hydrogen-bond acceptors (Lipinski definition) is 3. The molecule has 0 aliphatic carbocycles. The van der Waals surface area contributed by atoms with Crippen molar-refractivity contribution in [2.24, 2.45) is 0 Å². The number of rotatable bonds is 7. The van der Waals surface area contributed by atoms with Gasteiger partial charge in [0.1, 0.15) is 5.75 Å². The maximum absolute atomic E-state index is 5.81. The minimum Gasteiger partial charge on any atom is -0.494 e. The molecule has 0 saturated heterocycles. The second-order valence-electron chi connectivity index (χ2n) is 4.59. The Labute approximate surface area is 120 Å². The molecule has 0 spiro atoms. The second-order valence-corrected chi connectivity index (χ2v) is 4.59. The van der Waals surface area contributed by atoms with Crippen LogP contribution in [-0.2, 0) is 17.8 Å². The lowest BCUT2D eigenvalue weighted by molar-refractivity contribution is 0.121. The van der Waals surface area contributed by atoms with Crippen LogP contribution in [0.2, 0.25) is 0 Å². The zero-order valence-electron chi connectivity index (χ0n) is 11.8. The molecule has 0 bridgehead atoms. The Balaban J connectivity index is 1.85. The van der Waals surface area contributed by atoms with E-state index in [1.165, 1.54) is 5.56 Å². The van der Waals surface area contributed by atoms with Crippen molar-refractivity contribution in [3.05, 3.63) is 59.7 Å². The summed E-state index contributed by atoms with van der Waals surface area (Å²) < 4.78 is 11.3. The van der Waals surface area contributed by atoms with Gasteiger partial charge in [-0.3, -0.25) is 0 Å². The van der Waals surface area contributed by atoms with E-state index in [1.807, 2.05) is 43.3 Å². The average Bonchev–Trinajstić information content (AvgIpc) is 2.47. The van der Waals surface area contributed by atoms with Crippen LogP contribution in [-0.4, -0.2) is 13.2 Å². The first-order chi connectivity index (χ1) is 9.79. The molecule has 0 aromatic heterocycles. The van der Waals surface area contributed by atoms with E-state index in [0.717, 1.165) is 23.4 Å². The molecule has 0 amide bonds. The van der Waals surface area contributed by atoms with Gasteiger partial charge < -0.3 is 15.2 Å². The molecule has 20 heavy (non-hydrogen) atoms. The van der Waals surface area contributed by atoms with Crippen molar-refractivity contribution in [2.45, 2.75) is 20.0 Å². The minimum atomic E-state index is 0.521. The highest BCUT2D eigenvalue weighted by Crippen LogP contribution is 2.22. The van der Waals surface area contributed by atoms with Crippen LogP contribution in [0.25, 0.3) is 0 Å². The van der Waals surface area contributed by atoms with Gasteiger partial charge in [0.2, 0.25) is 0 Å². The van der Waals surface area contributed by atoms with Crippen LogP contribution < -0.4 is 10.5 Å². The summed E-state index contributed by atoms with van der Waals surface area (Å²) >= 11 is 0. The lowest BCUT2D eigenvalue weighted by Gasteiger charge is -2.11. The van der Waals surface area contributed by atoms with Crippen molar-refractivity contribution in [1.29, 1.82) is 0 Å². The van der Waals surface area contributed by atoms with Crippen molar-refractivity contribution >= 4 is 5.69 Å². The summed E-state index contributed by atoms with van der Waals surface area (Å²) in [7, 11) is 0. The van der Waals surface area contributed by atoms with Crippen molar-refractivity contribution in [1.82, 2.24) is 0 Å². The summed E-state index contributed by atoms with van der Waals surface area (Å²) in [6.45, 7) is 3.81. The Kier molecular flexibility index (Phi) is 5.44. The first-order valence-corrected chi connectivity index (χ1v) is 6.92. The molecule has 0 heterocycles. The summed E-state index contributed by atoms with van der Waals surface area (Å²) in [5, 5.41) is 0. The molecule has 3 heteroatoms. The number of nitrogen functional groups attached to an aromatic ring is 1. The fraction of sp³-hybridized carbons (Fsp3) is 0.294. The highest BCUT2D eigenvalue weighted by atomic mass is 16.5. The summed E-state index contributed by atoms with van der Waals surface area (Å²) in [6, 6.07) is 16.0. The summed E-state index contributed by atoms with van der Waals surface area (Å²) in [5.74, 6) is 0.849. The van der Waals surface area contributed by atoms with Gasteiger partial charge in [-0.25, -0.2) is 0 Å². The van der Waals surface area contributed by atoms with Gasteiger partial charge in [0.05, 0.1) is 19.8 Å². The molecule has 0 fully saturated rings. The van der Waals surface area contributed by atoms with Gasteiger partial charge in [0, 0.05) is 11.3 Å². The Morgan fingerprint density at radius 1 is 1.05 bits per heavy atom. The molecule has 0 unspecified atom stereocenters. The molecule has 2 N–H and O–H groups in total. The average molecular weight is 271 g/mol. The predicted molar refractivity (Wildman–Crippen MR) is 81.8 cm³/mol. The van der Waals surface area contributed by atoms with Gasteiger partial charge in [-0.2, -0.15) is 0 Å². The molecule has 3 nitrogen and oxygen atoms in total. The van der Waals surface area contributed by atoms with E-state index in [1.54, 1.807) is 0 Å². The molecule has 2 aromatic carbocycles. The van der Waals surface area contributed by atoms with Crippen molar-refractivity contribution < 1.29 is 9.47 Å². The van der Waals surface area contributed by atoms with E-state index in [4.69, 9.17) is 15.2 Å². The molecule has 2 rings (SSSR count). The second kappa shape index (κ2) is 7.56. The molecule has 0 radical (unpaired) electrons. The topological polar surface area (TPSA) is 44.5 Å².